The molecule has 1 saturated heterocycles. The van der Waals surface area contributed by atoms with E-state index in [2.05, 4.69) is 15.5 Å². The predicted molar refractivity (Wildman–Crippen MR) is 118 cm³/mol. The van der Waals surface area contributed by atoms with Gasteiger partial charge in [-0.3, -0.25) is 4.79 Å². The van der Waals surface area contributed by atoms with Crippen LogP contribution in [-0.4, -0.2) is 55.0 Å². The molecule has 0 aliphatic carbocycles. The Labute approximate surface area is 179 Å². The molecule has 2 aromatic carbocycles. The van der Waals surface area contributed by atoms with Crippen molar-refractivity contribution in [1.29, 1.82) is 0 Å². The Balaban J connectivity index is 1.60. The van der Waals surface area contributed by atoms with Crippen LogP contribution in [0.2, 0.25) is 5.02 Å². The van der Waals surface area contributed by atoms with E-state index in [4.69, 9.17) is 16.0 Å². The smallest absolute Gasteiger partial charge is 0.322 e. The van der Waals surface area contributed by atoms with Gasteiger partial charge in [-0.15, -0.1) is 0 Å². The standard InChI is InChI=1S/C22H23ClN4O3/c1-26-11-4-12-27(14-13-26)22(29)25-19-17-5-2-3-6-18(17)30-20(19)21(28)24-16-9-7-15(23)8-10-16/h2-3,5-10H,4,11-14H2,1H3,(H,24,28)(H,25,29). The molecule has 1 aliphatic heterocycles. The molecule has 156 valence electrons. The van der Waals surface area contributed by atoms with Gasteiger partial charge in [-0.25, -0.2) is 4.79 Å². The van der Waals surface area contributed by atoms with E-state index in [0.29, 0.717) is 40.5 Å². The van der Waals surface area contributed by atoms with Crippen molar-refractivity contribution in [3.63, 3.8) is 0 Å². The fourth-order valence-electron chi connectivity index (χ4n) is 3.49. The number of nitrogens with one attached hydrogen (secondary N) is 2. The summed E-state index contributed by atoms with van der Waals surface area (Å²) in [5.74, 6) is -0.383. The van der Waals surface area contributed by atoms with E-state index < -0.39 is 5.91 Å². The van der Waals surface area contributed by atoms with Gasteiger partial charge < -0.3 is 24.9 Å². The monoisotopic (exact) mass is 426 g/mol. The highest BCUT2D eigenvalue weighted by atomic mass is 35.5. The summed E-state index contributed by atoms with van der Waals surface area (Å²) in [6.45, 7) is 3.05. The summed E-state index contributed by atoms with van der Waals surface area (Å²) in [4.78, 5) is 29.9. The number of furan rings is 1. The van der Waals surface area contributed by atoms with Gasteiger partial charge in [0.15, 0.2) is 0 Å². The molecule has 3 amide bonds. The molecule has 1 fully saturated rings. The van der Waals surface area contributed by atoms with Gasteiger partial charge in [-0.2, -0.15) is 0 Å². The van der Waals surface area contributed by atoms with Crippen LogP contribution in [0, 0.1) is 0 Å². The van der Waals surface area contributed by atoms with Crippen LogP contribution in [0.1, 0.15) is 17.0 Å². The Morgan fingerprint density at radius 1 is 0.967 bits per heavy atom. The first-order valence-electron chi connectivity index (χ1n) is 9.84. The van der Waals surface area contributed by atoms with Crippen LogP contribution in [0.25, 0.3) is 11.0 Å². The first-order chi connectivity index (χ1) is 14.5. The zero-order valence-corrected chi connectivity index (χ0v) is 17.4. The van der Waals surface area contributed by atoms with Crippen molar-refractivity contribution in [2.24, 2.45) is 0 Å². The molecule has 30 heavy (non-hydrogen) atoms. The zero-order valence-electron chi connectivity index (χ0n) is 16.7. The molecule has 2 heterocycles. The van der Waals surface area contributed by atoms with E-state index in [1.54, 1.807) is 35.2 Å². The fraction of sp³-hybridized carbons (Fsp3) is 0.273. The first kappa shape index (κ1) is 20.3. The number of para-hydroxylation sites is 1. The van der Waals surface area contributed by atoms with Crippen LogP contribution >= 0.6 is 11.6 Å². The van der Waals surface area contributed by atoms with Crippen molar-refractivity contribution in [2.45, 2.75) is 6.42 Å². The van der Waals surface area contributed by atoms with Crippen molar-refractivity contribution < 1.29 is 14.0 Å². The van der Waals surface area contributed by atoms with Crippen LogP contribution < -0.4 is 10.6 Å². The summed E-state index contributed by atoms with van der Waals surface area (Å²) in [6.07, 6.45) is 0.903. The third-order valence-corrected chi connectivity index (χ3v) is 5.39. The maximum Gasteiger partial charge on any atom is 0.322 e. The van der Waals surface area contributed by atoms with Crippen LogP contribution in [-0.2, 0) is 0 Å². The van der Waals surface area contributed by atoms with E-state index in [9.17, 15) is 9.59 Å². The maximum atomic E-state index is 12.9. The molecular formula is C22H23ClN4O3. The summed E-state index contributed by atoms with van der Waals surface area (Å²) >= 11 is 5.91. The van der Waals surface area contributed by atoms with Gasteiger partial charge in [0.05, 0.1) is 0 Å². The van der Waals surface area contributed by atoms with Gasteiger partial charge in [-0.1, -0.05) is 23.7 Å². The van der Waals surface area contributed by atoms with Crippen LogP contribution in [0.4, 0.5) is 16.2 Å². The van der Waals surface area contributed by atoms with Crippen molar-refractivity contribution in [2.75, 3.05) is 43.9 Å². The Morgan fingerprint density at radius 3 is 2.53 bits per heavy atom. The normalized spacial score (nSPS) is 15.1. The summed E-state index contributed by atoms with van der Waals surface area (Å²) < 4.78 is 5.81. The van der Waals surface area contributed by atoms with Gasteiger partial charge in [0.25, 0.3) is 5.91 Å². The summed E-state index contributed by atoms with van der Waals surface area (Å²) in [7, 11) is 2.05. The first-order valence-corrected chi connectivity index (χ1v) is 10.2. The number of amides is 3. The lowest BCUT2D eigenvalue weighted by Gasteiger charge is -2.21. The van der Waals surface area contributed by atoms with Crippen molar-refractivity contribution >= 4 is 45.9 Å². The number of fused-ring (bicyclic) bond motifs is 1. The molecule has 3 aromatic rings. The SMILES string of the molecule is CN1CCCN(C(=O)Nc2c(C(=O)Nc3ccc(Cl)cc3)oc3ccccc23)CC1. The second-order valence-corrected chi connectivity index (χ2v) is 7.77. The number of likely N-dealkylation sites (N-methyl/N-ethyl adjacent to an activating group) is 1. The quantitative estimate of drug-likeness (QED) is 0.646. The minimum atomic E-state index is -0.445. The van der Waals surface area contributed by atoms with Crippen LogP contribution in [0.5, 0.6) is 0 Å². The molecular weight excluding hydrogens is 404 g/mol. The Hall–Kier alpha value is -3.03. The van der Waals surface area contributed by atoms with Gasteiger partial charge in [-0.05, 0) is 56.4 Å². The largest absolute Gasteiger partial charge is 0.449 e. The summed E-state index contributed by atoms with van der Waals surface area (Å²) in [6, 6.07) is 13.8. The topological polar surface area (TPSA) is 77.8 Å². The highest BCUT2D eigenvalue weighted by Gasteiger charge is 2.25. The van der Waals surface area contributed by atoms with Gasteiger partial charge in [0.2, 0.25) is 5.76 Å². The van der Waals surface area contributed by atoms with E-state index in [0.717, 1.165) is 19.5 Å². The third-order valence-electron chi connectivity index (χ3n) is 5.14. The molecule has 7 nitrogen and oxygen atoms in total. The molecule has 0 saturated carbocycles. The van der Waals surface area contributed by atoms with E-state index in [-0.39, 0.29) is 11.8 Å². The van der Waals surface area contributed by atoms with Crippen molar-refractivity contribution in [3.8, 4) is 0 Å². The lowest BCUT2D eigenvalue weighted by molar-refractivity contribution is 0.1000. The summed E-state index contributed by atoms with van der Waals surface area (Å²) in [5, 5.41) is 6.96. The molecule has 8 heteroatoms. The number of anilines is 2. The third kappa shape index (κ3) is 4.42. The van der Waals surface area contributed by atoms with Crippen LogP contribution in [0.3, 0.4) is 0 Å². The molecule has 1 aromatic heterocycles. The Morgan fingerprint density at radius 2 is 1.73 bits per heavy atom. The van der Waals surface area contributed by atoms with E-state index in [1.165, 1.54) is 0 Å². The van der Waals surface area contributed by atoms with Crippen molar-refractivity contribution in [1.82, 2.24) is 9.80 Å². The predicted octanol–water partition coefficient (Wildman–Crippen LogP) is 4.51. The maximum absolute atomic E-state index is 12.9. The van der Waals surface area contributed by atoms with E-state index in [1.807, 2.05) is 25.2 Å². The average Bonchev–Trinajstić information content (AvgIpc) is 2.95. The zero-order chi connectivity index (χ0) is 21.1. The molecule has 0 spiro atoms. The number of hydrogen-bond acceptors (Lipinski definition) is 4. The molecule has 2 N–H and O–H groups in total. The summed E-state index contributed by atoms with van der Waals surface area (Å²) in [5.41, 5.74) is 1.49. The lowest BCUT2D eigenvalue weighted by atomic mass is 10.2. The van der Waals surface area contributed by atoms with Crippen molar-refractivity contribution in [3.05, 3.63) is 59.3 Å². The van der Waals surface area contributed by atoms with Gasteiger partial charge in [0.1, 0.15) is 11.3 Å². The number of nitrogens with zero attached hydrogens (tertiary/aromatic N) is 2. The van der Waals surface area contributed by atoms with Gasteiger partial charge in [0, 0.05) is 35.7 Å². The Kier molecular flexibility index (Phi) is 5.92. The molecule has 0 unspecified atom stereocenters. The number of urea groups is 1. The average molecular weight is 427 g/mol. The minimum absolute atomic E-state index is 0.0615. The molecule has 0 atom stereocenters. The minimum Gasteiger partial charge on any atom is -0.449 e. The van der Waals surface area contributed by atoms with Crippen LogP contribution in [0.15, 0.2) is 52.9 Å². The Bertz CT molecular complexity index is 1060. The number of rotatable bonds is 3. The molecule has 4 rings (SSSR count). The number of benzene rings is 2. The number of halogens is 1. The highest BCUT2D eigenvalue weighted by Crippen LogP contribution is 2.32. The molecule has 1 aliphatic rings. The second-order valence-electron chi connectivity index (χ2n) is 7.34. The lowest BCUT2D eigenvalue weighted by Crippen LogP contribution is -2.37. The van der Waals surface area contributed by atoms with Gasteiger partial charge >= 0.3 is 6.03 Å². The molecule has 0 radical (unpaired) electrons. The number of carbonyl (C=O) groups is 2. The number of carbonyl (C=O) groups excluding carboxylic acids is 2. The van der Waals surface area contributed by atoms with E-state index >= 15 is 0 Å². The molecule has 0 bridgehead atoms. The number of hydrogen-bond donors (Lipinski definition) is 2. The second kappa shape index (κ2) is 8.77. The highest BCUT2D eigenvalue weighted by molar-refractivity contribution is 6.30. The fourth-order valence-corrected chi connectivity index (χ4v) is 3.61.